The predicted molar refractivity (Wildman–Crippen MR) is 69.1 cm³/mol. The van der Waals surface area contributed by atoms with Crippen LogP contribution in [0.25, 0.3) is 0 Å². The van der Waals surface area contributed by atoms with Gasteiger partial charge in [0.1, 0.15) is 0 Å². The van der Waals surface area contributed by atoms with Crippen molar-refractivity contribution in [3.63, 3.8) is 0 Å². The zero-order valence-corrected chi connectivity index (χ0v) is 11.8. The summed E-state index contributed by atoms with van der Waals surface area (Å²) in [5.74, 6) is 0.382. The van der Waals surface area contributed by atoms with Crippen molar-refractivity contribution in [2.24, 2.45) is 22.5 Å². The summed E-state index contributed by atoms with van der Waals surface area (Å²) >= 11 is 0. The molecule has 0 fully saturated rings. The summed E-state index contributed by atoms with van der Waals surface area (Å²) in [5, 5.41) is 2.93. The Morgan fingerprint density at radius 2 is 1.56 bits per heavy atom. The molecule has 3 N–H and O–H groups in total. The molecule has 0 aliphatic rings. The zero-order valence-electron chi connectivity index (χ0n) is 11.8. The van der Waals surface area contributed by atoms with Crippen LogP contribution in [0.4, 0.5) is 0 Å². The third kappa shape index (κ3) is 4.97. The summed E-state index contributed by atoms with van der Waals surface area (Å²) in [5.41, 5.74) is 5.90. The third-order valence-corrected chi connectivity index (χ3v) is 3.28. The maximum atomic E-state index is 11.8. The summed E-state index contributed by atoms with van der Waals surface area (Å²) in [7, 11) is 0. The standard InChI is InChI=1S/C13H28N2O/c1-9(12(2,3)4)8-15-11(16)10(14)13(5,6)7/h9-10H,8,14H2,1-7H3,(H,15,16). The highest BCUT2D eigenvalue weighted by molar-refractivity contribution is 5.82. The fourth-order valence-electron chi connectivity index (χ4n) is 1.06. The van der Waals surface area contributed by atoms with Crippen molar-refractivity contribution in [1.82, 2.24) is 5.32 Å². The lowest BCUT2D eigenvalue weighted by Crippen LogP contribution is -2.50. The number of rotatable bonds is 3. The van der Waals surface area contributed by atoms with Crippen LogP contribution in [0, 0.1) is 16.7 Å². The van der Waals surface area contributed by atoms with Crippen LogP contribution in [-0.2, 0) is 4.79 Å². The van der Waals surface area contributed by atoms with Crippen LogP contribution in [0.15, 0.2) is 0 Å². The number of hydrogen-bond donors (Lipinski definition) is 2. The Labute approximate surface area is 100 Å². The molecule has 2 unspecified atom stereocenters. The smallest absolute Gasteiger partial charge is 0.237 e. The minimum Gasteiger partial charge on any atom is -0.354 e. The highest BCUT2D eigenvalue weighted by atomic mass is 16.2. The lowest BCUT2D eigenvalue weighted by atomic mass is 9.82. The first-order valence-corrected chi connectivity index (χ1v) is 5.99. The van der Waals surface area contributed by atoms with Gasteiger partial charge in [0.05, 0.1) is 6.04 Å². The van der Waals surface area contributed by atoms with E-state index in [-0.39, 0.29) is 16.7 Å². The number of nitrogens with one attached hydrogen (secondary N) is 1. The highest BCUT2D eigenvalue weighted by Gasteiger charge is 2.28. The van der Waals surface area contributed by atoms with Crippen molar-refractivity contribution < 1.29 is 4.79 Å². The van der Waals surface area contributed by atoms with E-state index in [2.05, 4.69) is 33.0 Å². The molecular formula is C13H28N2O. The van der Waals surface area contributed by atoms with E-state index in [0.717, 1.165) is 0 Å². The average Bonchev–Trinajstić information content (AvgIpc) is 2.09. The molecule has 0 radical (unpaired) electrons. The van der Waals surface area contributed by atoms with Gasteiger partial charge in [0.15, 0.2) is 0 Å². The van der Waals surface area contributed by atoms with Crippen molar-refractivity contribution in [3.05, 3.63) is 0 Å². The summed E-state index contributed by atoms with van der Waals surface area (Å²) in [6.45, 7) is 15.3. The van der Waals surface area contributed by atoms with Gasteiger partial charge in [-0.3, -0.25) is 4.79 Å². The fourth-order valence-corrected chi connectivity index (χ4v) is 1.06. The number of carbonyl (C=O) groups is 1. The van der Waals surface area contributed by atoms with E-state index in [1.165, 1.54) is 0 Å². The van der Waals surface area contributed by atoms with Gasteiger partial charge in [0, 0.05) is 6.54 Å². The molecule has 0 aromatic carbocycles. The molecule has 16 heavy (non-hydrogen) atoms. The number of amides is 1. The second kappa shape index (κ2) is 5.17. The van der Waals surface area contributed by atoms with Gasteiger partial charge in [-0.2, -0.15) is 0 Å². The second-order valence-corrected chi connectivity index (χ2v) is 6.86. The molecule has 0 spiro atoms. The SMILES string of the molecule is CC(CNC(=O)C(N)C(C)(C)C)C(C)(C)C. The number of nitrogens with two attached hydrogens (primary N) is 1. The molecule has 1 amide bonds. The van der Waals surface area contributed by atoms with Gasteiger partial charge < -0.3 is 11.1 Å². The van der Waals surface area contributed by atoms with Crippen molar-refractivity contribution in [3.8, 4) is 0 Å². The molecular weight excluding hydrogens is 200 g/mol. The molecule has 3 heteroatoms. The first-order valence-electron chi connectivity index (χ1n) is 5.99. The Balaban J connectivity index is 4.19. The quantitative estimate of drug-likeness (QED) is 0.777. The van der Waals surface area contributed by atoms with Gasteiger partial charge in [0.25, 0.3) is 0 Å². The van der Waals surface area contributed by atoms with Crippen LogP contribution in [0.2, 0.25) is 0 Å². The molecule has 0 saturated heterocycles. The minimum atomic E-state index is -0.445. The number of carbonyl (C=O) groups excluding carboxylic acids is 1. The van der Waals surface area contributed by atoms with E-state index in [0.29, 0.717) is 12.5 Å². The Morgan fingerprint density at radius 3 is 1.88 bits per heavy atom. The normalized spacial score (nSPS) is 16.8. The summed E-state index contributed by atoms with van der Waals surface area (Å²) in [6, 6.07) is -0.445. The molecule has 0 aromatic rings. The van der Waals surface area contributed by atoms with Crippen molar-refractivity contribution >= 4 is 5.91 Å². The van der Waals surface area contributed by atoms with Crippen LogP contribution >= 0.6 is 0 Å². The molecule has 0 aromatic heterocycles. The lowest BCUT2D eigenvalue weighted by Gasteiger charge is -2.30. The molecule has 2 atom stereocenters. The van der Waals surface area contributed by atoms with Crippen LogP contribution in [0.5, 0.6) is 0 Å². The Hall–Kier alpha value is -0.570. The van der Waals surface area contributed by atoms with E-state index in [1.54, 1.807) is 0 Å². The van der Waals surface area contributed by atoms with E-state index in [1.807, 2.05) is 20.8 Å². The van der Waals surface area contributed by atoms with Gasteiger partial charge in [-0.25, -0.2) is 0 Å². The van der Waals surface area contributed by atoms with Crippen molar-refractivity contribution in [2.75, 3.05) is 6.54 Å². The fraction of sp³-hybridized carbons (Fsp3) is 0.923. The summed E-state index contributed by atoms with van der Waals surface area (Å²) < 4.78 is 0. The summed E-state index contributed by atoms with van der Waals surface area (Å²) in [6.07, 6.45) is 0. The first kappa shape index (κ1) is 15.4. The molecule has 0 saturated carbocycles. The Kier molecular flexibility index (Phi) is 4.99. The topological polar surface area (TPSA) is 55.1 Å². The first-order chi connectivity index (χ1) is 6.96. The molecule has 3 nitrogen and oxygen atoms in total. The van der Waals surface area contributed by atoms with Crippen LogP contribution < -0.4 is 11.1 Å². The monoisotopic (exact) mass is 228 g/mol. The minimum absolute atomic E-state index is 0.0522. The van der Waals surface area contributed by atoms with Gasteiger partial charge in [-0.05, 0) is 16.7 Å². The van der Waals surface area contributed by atoms with Gasteiger partial charge in [-0.1, -0.05) is 48.5 Å². The Bertz CT molecular complexity index is 235. The number of hydrogen-bond acceptors (Lipinski definition) is 2. The van der Waals surface area contributed by atoms with Gasteiger partial charge in [0.2, 0.25) is 5.91 Å². The molecule has 0 bridgehead atoms. The van der Waals surface area contributed by atoms with Gasteiger partial charge >= 0.3 is 0 Å². The second-order valence-electron chi connectivity index (χ2n) is 6.86. The summed E-state index contributed by atoms with van der Waals surface area (Å²) in [4.78, 5) is 11.8. The van der Waals surface area contributed by atoms with Crippen LogP contribution in [0.1, 0.15) is 48.5 Å². The molecule has 0 aliphatic heterocycles. The average molecular weight is 228 g/mol. The predicted octanol–water partition coefficient (Wildman–Crippen LogP) is 2.16. The van der Waals surface area contributed by atoms with Crippen molar-refractivity contribution in [2.45, 2.75) is 54.5 Å². The molecule has 96 valence electrons. The largest absolute Gasteiger partial charge is 0.354 e. The maximum Gasteiger partial charge on any atom is 0.237 e. The maximum absolute atomic E-state index is 11.8. The molecule has 0 heterocycles. The van der Waals surface area contributed by atoms with E-state index in [9.17, 15) is 4.79 Å². The van der Waals surface area contributed by atoms with E-state index < -0.39 is 6.04 Å². The van der Waals surface area contributed by atoms with Crippen LogP contribution in [0.3, 0.4) is 0 Å². The molecule has 0 rings (SSSR count). The molecule has 0 aliphatic carbocycles. The van der Waals surface area contributed by atoms with E-state index in [4.69, 9.17) is 5.73 Å². The van der Waals surface area contributed by atoms with Crippen molar-refractivity contribution in [1.29, 1.82) is 0 Å². The highest BCUT2D eigenvalue weighted by Crippen LogP contribution is 2.24. The lowest BCUT2D eigenvalue weighted by molar-refractivity contribution is -0.124. The zero-order chi connectivity index (χ0) is 13.1. The Morgan fingerprint density at radius 1 is 1.12 bits per heavy atom. The van der Waals surface area contributed by atoms with E-state index >= 15 is 0 Å². The van der Waals surface area contributed by atoms with Gasteiger partial charge in [-0.15, -0.1) is 0 Å². The van der Waals surface area contributed by atoms with Crippen LogP contribution in [-0.4, -0.2) is 18.5 Å². The third-order valence-electron chi connectivity index (χ3n) is 3.28.